The lowest BCUT2D eigenvalue weighted by atomic mass is 10.1. The largest absolute Gasteiger partial charge is 0.491 e. The maximum absolute atomic E-state index is 13.5. The Morgan fingerprint density at radius 3 is 2.87 bits per heavy atom. The SMILES string of the molecule is C[C@H](Nc1ccc2c(c1)OCCn1cc(N3C(=O)OCCC3C(F)F)nc1-2)C(N)=O. The number of carbonyl (C=O) groups excluding carboxylic acids is 2. The summed E-state index contributed by atoms with van der Waals surface area (Å²) >= 11 is 0. The average Bonchev–Trinajstić information content (AvgIpc) is 3.03. The summed E-state index contributed by atoms with van der Waals surface area (Å²) in [5, 5.41) is 2.98. The summed E-state index contributed by atoms with van der Waals surface area (Å²) in [4.78, 5) is 28.8. The fourth-order valence-corrected chi connectivity index (χ4v) is 3.50. The highest BCUT2D eigenvalue weighted by Crippen LogP contribution is 2.36. The van der Waals surface area contributed by atoms with Crippen molar-refractivity contribution in [2.75, 3.05) is 23.4 Å². The van der Waals surface area contributed by atoms with Crippen molar-refractivity contribution in [3.05, 3.63) is 24.4 Å². The summed E-state index contributed by atoms with van der Waals surface area (Å²) in [7, 11) is 0. The number of alkyl halides is 2. The number of hydrogen-bond acceptors (Lipinski definition) is 6. The Bertz CT molecular complexity index is 980. The molecule has 1 saturated heterocycles. The summed E-state index contributed by atoms with van der Waals surface area (Å²) < 4.78 is 39.5. The fraction of sp³-hybridized carbons (Fsp3) is 0.421. The molecule has 2 aliphatic heterocycles. The van der Waals surface area contributed by atoms with Gasteiger partial charge in [0, 0.05) is 24.4 Å². The van der Waals surface area contributed by atoms with Gasteiger partial charge in [0.2, 0.25) is 5.91 Å². The predicted molar refractivity (Wildman–Crippen MR) is 104 cm³/mol. The van der Waals surface area contributed by atoms with Crippen LogP contribution in [0, 0.1) is 0 Å². The second kappa shape index (κ2) is 7.81. The first-order valence-electron chi connectivity index (χ1n) is 9.49. The van der Waals surface area contributed by atoms with Crippen LogP contribution >= 0.6 is 0 Å². The number of fused-ring (bicyclic) bond motifs is 3. The minimum absolute atomic E-state index is 0.0262. The van der Waals surface area contributed by atoms with Gasteiger partial charge in [0.1, 0.15) is 30.3 Å². The minimum Gasteiger partial charge on any atom is -0.491 e. The van der Waals surface area contributed by atoms with Crippen molar-refractivity contribution in [1.29, 1.82) is 0 Å². The number of nitrogens with one attached hydrogen (secondary N) is 1. The van der Waals surface area contributed by atoms with Crippen LogP contribution in [0.5, 0.6) is 5.75 Å². The molecule has 0 spiro atoms. The van der Waals surface area contributed by atoms with E-state index in [9.17, 15) is 18.4 Å². The molecular weight excluding hydrogens is 400 g/mol. The number of halogens is 2. The summed E-state index contributed by atoms with van der Waals surface area (Å²) in [5.74, 6) is 0.614. The zero-order valence-corrected chi connectivity index (χ0v) is 16.2. The number of anilines is 2. The number of nitrogens with zero attached hydrogens (tertiary/aromatic N) is 3. The van der Waals surface area contributed by atoms with Crippen molar-refractivity contribution < 1.29 is 27.8 Å². The maximum atomic E-state index is 13.5. The first kappa shape index (κ1) is 19.9. The second-order valence-corrected chi connectivity index (χ2v) is 7.12. The number of cyclic esters (lactones) is 1. The standard InChI is InChI=1S/C19H21F2N5O4/c1-10(17(22)27)23-11-2-3-12-14(8-11)29-7-5-25-9-15(24-18(12)25)26-13(16(20)21)4-6-30-19(26)28/h2-3,8-10,13,16,23H,4-7H2,1H3,(H2,22,27)/t10-,13?/m0/s1. The van der Waals surface area contributed by atoms with Gasteiger partial charge in [-0.25, -0.2) is 18.6 Å². The van der Waals surface area contributed by atoms with E-state index in [0.29, 0.717) is 36.0 Å². The van der Waals surface area contributed by atoms with E-state index in [1.807, 2.05) is 0 Å². The van der Waals surface area contributed by atoms with Crippen LogP contribution in [-0.4, -0.2) is 53.3 Å². The Hall–Kier alpha value is -3.37. The van der Waals surface area contributed by atoms with Gasteiger partial charge in [0.25, 0.3) is 6.43 Å². The molecule has 4 rings (SSSR count). The molecule has 11 heteroatoms. The molecule has 1 aromatic carbocycles. The Morgan fingerprint density at radius 2 is 2.13 bits per heavy atom. The van der Waals surface area contributed by atoms with Crippen molar-refractivity contribution in [2.45, 2.75) is 38.4 Å². The third kappa shape index (κ3) is 3.62. The van der Waals surface area contributed by atoms with E-state index < -0.39 is 30.5 Å². The summed E-state index contributed by atoms with van der Waals surface area (Å²) in [5.41, 5.74) is 6.56. The predicted octanol–water partition coefficient (Wildman–Crippen LogP) is 2.21. The molecule has 2 aromatic rings. The van der Waals surface area contributed by atoms with Crippen LogP contribution in [0.15, 0.2) is 24.4 Å². The molecular formula is C19H21F2N5O4. The van der Waals surface area contributed by atoms with Crippen LogP contribution in [0.2, 0.25) is 0 Å². The smallest absolute Gasteiger partial charge is 0.415 e. The van der Waals surface area contributed by atoms with E-state index in [1.165, 1.54) is 0 Å². The number of hydrogen-bond donors (Lipinski definition) is 2. The number of nitrogens with two attached hydrogens (primary N) is 1. The van der Waals surface area contributed by atoms with Crippen molar-refractivity contribution in [3.8, 4) is 17.1 Å². The lowest BCUT2D eigenvalue weighted by molar-refractivity contribution is -0.118. The third-order valence-electron chi connectivity index (χ3n) is 5.09. The van der Waals surface area contributed by atoms with Gasteiger partial charge in [-0.1, -0.05) is 0 Å². The van der Waals surface area contributed by atoms with Gasteiger partial charge in [-0.15, -0.1) is 0 Å². The molecule has 0 aliphatic carbocycles. The highest BCUT2D eigenvalue weighted by atomic mass is 19.3. The molecule has 9 nitrogen and oxygen atoms in total. The number of aromatic nitrogens is 2. The third-order valence-corrected chi connectivity index (χ3v) is 5.09. The van der Waals surface area contributed by atoms with Crippen LogP contribution in [-0.2, 0) is 16.1 Å². The summed E-state index contributed by atoms with van der Waals surface area (Å²) in [6.45, 7) is 2.33. The fourth-order valence-electron chi connectivity index (χ4n) is 3.50. The molecule has 2 amide bonds. The van der Waals surface area contributed by atoms with Crippen LogP contribution in [0.1, 0.15) is 13.3 Å². The minimum atomic E-state index is -2.71. The number of carbonyl (C=O) groups is 2. The van der Waals surface area contributed by atoms with E-state index in [-0.39, 0.29) is 18.8 Å². The number of rotatable bonds is 5. The van der Waals surface area contributed by atoms with Crippen LogP contribution < -0.4 is 20.7 Å². The normalized spacial score (nSPS) is 19.3. The van der Waals surface area contributed by atoms with Gasteiger partial charge in [-0.3, -0.25) is 9.69 Å². The topological polar surface area (TPSA) is 112 Å². The molecule has 0 saturated carbocycles. The van der Waals surface area contributed by atoms with Crippen molar-refractivity contribution >= 4 is 23.5 Å². The van der Waals surface area contributed by atoms with Gasteiger partial charge in [-0.05, 0) is 19.1 Å². The van der Waals surface area contributed by atoms with E-state index in [2.05, 4.69) is 10.3 Å². The summed E-state index contributed by atoms with van der Waals surface area (Å²) in [6.07, 6.45) is -1.97. The van der Waals surface area contributed by atoms with E-state index in [4.69, 9.17) is 15.2 Å². The van der Waals surface area contributed by atoms with Crippen LogP contribution in [0.3, 0.4) is 0 Å². The number of benzene rings is 1. The lowest BCUT2D eigenvalue weighted by Gasteiger charge is -2.32. The highest BCUT2D eigenvalue weighted by Gasteiger charge is 2.39. The molecule has 30 heavy (non-hydrogen) atoms. The number of imidazole rings is 1. The molecule has 0 bridgehead atoms. The van der Waals surface area contributed by atoms with E-state index in [0.717, 1.165) is 4.90 Å². The molecule has 3 heterocycles. The maximum Gasteiger partial charge on any atom is 0.415 e. The molecule has 1 aromatic heterocycles. The molecule has 3 N–H and O–H groups in total. The molecule has 2 aliphatic rings. The quantitative estimate of drug-likeness (QED) is 0.766. The summed E-state index contributed by atoms with van der Waals surface area (Å²) in [6, 6.07) is 3.35. The second-order valence-electron chi connectivity index (χ2n) is 7.12. The molecule has 0 radical (unpaired) electrons. The number of ether oxygens (including phenoxy) is 2. The molecule has 160 valence electrons. The monoisotopic (exact) mass is 421 g/mol. The highest BCUT2D eigenvalue weighted by molar-refractivity contribution is 5.88. The van der Waals surface area contributed by atoms with Gasteiger partial charge >= 0.3 is 6.09 Å². The van der Waals surface area contributed by atoms with Crippen molar-refractivity contribution in [1.82, 2.24) is 9.55 Å². The molecule has 1 fully saturated rings. The molecule has 1 unspecified atom stereocenters. The van der Waals surface area contributed by atoms with Crippen LogP contribution in [0.25, 0.3) is 11.4 Å². The number of amides is 2. The van der Waals surface area contributed by atoms with E-state index >= 15 is 0 Å². The Kier molecular flexibility index (Phi) is 5.18. The Morgan fingerprint density at radius 1 is 1.33 bits per heavy atom. The zero-order valence-electron chi connectivity index (χ0n) is 16.2. The van der Waals surface area contributed by atoms with Gasteiger partial charge in [0.05, 0.1) is 18.7 Å². The van der Waals surface area contributed by atoms with Gasteiger partial charge < -0.3 is 25.1 Å². The Balaban J connectivity index is 1.69. The van der Waals surface area contributed by atoms with Crippen molar-refractivity contribution in [2.24, 2.45) is 5.73 Å². The van der Waals surface area contributed by atoms with Crippen LogP contribution in [0.4, 0.5) is 25.1 Å². The lowest BCUT2D eigenvalue weighted by Crippen LogP contribution is -2.49. The first-order valence-corrected chi connectivity index (χ1v) is 9.49. The average molecular weight is 421 g/mol. The Labute approximate surface area is 170 Å². The zero-order chi connectivity index (χ0) is 21.4. The first-order chi connectivity index (χ1) is 14.3. The van der Waals surface area contributed by atoms with E-state index in [1.54, 1.807) is 35.9 Å². The molecule has 2 atom stereocenters. The number of primary amides is 1. The van der Waals surface area contributed by atoms with Crippen molar-refractivity contribution in [3.63, 3.8) is 0 Å². The van der Waals surface area contributed by atoms with Gasteiger partial charge in [-0.2, -0.15) is 0 Å². The van der Waals surface area contributed by atoms with Gasteiger partial charge in [0.15, 0.2) is 5.82 Å².